The Morgan fingerprint density at radius 1 is 1.06 bits per heavy atom. The molecule has 0 saturated heterocycles. The summed E-state index contributed by atoms with van der Waals surface area (Å²) < 4.78 is 0. The first-order valence-corrected chi connectivity index (χ1v) is 11.4. The van der Waals surface area contributed by atoms with Gasteiger partial charge < -0.3 is 10.6 Å². The molecule has 0 aliphatic carbocycles. The zero-order chi connectivity index (χ0) is 22.3. The van der Waals surface area contributed by atoms with Crippen LogP contribution in [-0.2, 0) is 0 Å². The molecule has 9 nitrogen and oxygen atoms in total. The molecule has 4 rings (SSSR count). The number of hydrogen-bond donors (Lipinski definition) is 3. The molecule has 0 radical (unpaired) electrons. The minimum Gasteiger partial charge on any atom is -0.338 e. The summed E-state index contributed by atoms with van der Waals surface area (Å²) in [6.45, 7) is 4.42. The van der Waals surface area contributed by atoms with E-state index in [-0.39, 0.29) is 6.03 Å². The Bertz CT molecular complexity index is 1200. The van der Waals surface area contributed by atoms with Crippen molar-refractivity contribution in [2.24, 2.45) is 0 Å². The molecule has 0 saturated carbocycles. The third-order valence-electron chi connectivity index (χ3n) is 4.01. The highest BCUT2D eigenvalue weighted by molar-refractivity contribution is 7.99. The molecular weight excluding hydrogens is 444 g/mol. The Morgan fingerprint density at radius 3 is 2.59 bits per heavy atom. The fraction of sp³-hybridized carbons (Fsp3) is 0.143. The van der Waals surface area contributed by atoms with E-state index >= 15 is 0 Å². The molecule has 162 valence electrons. The van der Waals surface area contributed by atoms with Gasteiger partial charge in [-0.3, -0.25) is 10.3 Å². The van der Waals surface area contributed by atoms with E-state index in [9.17, 15) is 4.79 Å². The molecule has 0 unspecified atom stereocenters. The van der Waals surface area contributed by atoms with E-state index in [1.54, 1.807) is 12.4 Å². The van der Waals surface area contributed by atoms with Crippen LogP contribution in [0, 0.1) is 6.92 Å². The van der Waals surface area contributed by atoms with Crippen LogP contribution in [0.25, 0.3) is 11.5 Å². The number of aryl methyl sites for hydroxylation is 1. The quantitative estimate of drug-likeness (QED) is 0.359. The lowest BCUT2D eigenvalue weighted by molar-refractivity contribution is 0.252. The van der Waals surface area contributed by atoms with Gasteiger partial charge in [0.1, 0.15) is 5.69 Å². The number of thiazole rings is 1. The molecule has 11 heteroatoms. The highest BCUT2D eigenvalue weighted by Crippen LogP contribution is 2.29. The van der Waals surface area contributed by atoms with E-state index in [0.29, 0.717) is 40.0 Å². The van der Waals surface area contributed by atoms with Crippen molar-refractivity contribution in [3.05, 3.63) is 59.7 Å². The maximum absolute atomic E-state index is 11.7. The predicted octanol–water partition coefficient (Wildman–Crippen LogP) is 4.73. The number of amides is 2. The van der Waals surface area contributed by atoms with Crippen molar-refractivity contribution in [1.82, 2.24) is 30.2 Å². The monoisotopic (exact) mass is 464 g/mol. The Hall–Kier alpha value is -3.57. The summed E-state index contributed by atoms with van der Waals surface area (Å²) in [6.07, 6.45) is 3.49. The second-order valence-corrected chi connectivity index (χ2v) is 8.77. The number of rotatable bonds is 7. The van der Waals surface area contributed by atoms with Crippen LogP contribution in [0.1, 0.15) is 11.8 Å². The number of carbonyl (C=O) groups excluding carboxylic acids is 1. The standard InChI is InChI=1S/C21H20N8OS2/c1-3-22-19(30)25-14-7-9-15(10-8-14)32-21-27-17(16-6-4-5-11-23-16)26-18(29-21)28-20-24-12-13(2)31-20/h4-12H,3H2,1-2H3,(H2,22,25,30)(H,24,26,27,28,29). The molecule has 0 spiro atoms. The smallest absolute Gasteiger partial charge is 0.319 e. The molecule has 0 atom stereocenters. The lowest BCUT2D eigenvalue weighted by Crippen LogP contribution is -2.28. The average molecular weight is 465 g/mol. The van der Waals surface area contributed by atoms with Crippen LogP contribution in [0.5, 0.6) is 0 Å². The number of anilines is 3. The van der Waals surface area contributed by atoms with Gasteiger partial charge in [-0.1, -0.05) is 6.07 Å². The van der Waals surface area contributed by atoms with Crippen molar-refractivity contribution < 1.29 is 4.79 Å². The summed E-state index contributed by atoms with van der Waals surface area (Å²) in [6, 6.07) is 12.8. The topological polar surface area (TPSA) is 118 Å². The van der Waals surface area contributed by atoms with E-state index in [2.05, 4.69) is 40.9 Å². The van der Waals surface area contributed by atoms with Crippen LogP contribution in [0.15, 0.2) is 64.9 Å². The van der Waals surface area contributed by atoms with Gasteiger partial charge in [-0.2, -0.15) is 9.97 Å². The Kier molecular flexibility index (Phi) is 6.87. The van der Waals surface area contributed by atoms with Gasteiger partial charge in [0, 0.05) is 34.4 Å². The summed E-state index contributed by atoms with van der Waals surface area (Å²) in [5, 5.41) is 9.85. The first-order chi connectivity index (χ1) is 15.6. The van der Waals surface area contributed by atoms with Crippen molar-refractivity contribution in [2.45, 2.75) is 23.9 Å². The van der Waals surface area contributed by atoms with Crippen molar-refractivity contribution >= 4 is 45.9 Å². The molecule has 32 heavy (non-hydrogen) atoms. The largest absolute Gasteiger partial charge is 0.338 e. The number of hydrogen-bond acceptors (Lipinski definition) is 9. The zero-order valence-electron chi connectivity index (χ0n) is 17.4. The van der Waals surface area contributed by atoms with E-state index in [1.165, 1.54) is 23.1 Å². The van der Waals surface area contributed by atoms with Crippen LogP contribution in [0.4, 0.5) is 21.6 Å². The normalized spacial score (nSPS) is 10.6. The van der Waals surface area contributed by atoms with Crippen molar-refractivity contribution in [2.75, 3.05) is 17.2 Å². The first-order valence-electron chi connectivity index (χ1n) is 9.79. The number of aromatic nitrogens is 5. The van der Waals surface area contributed by atoms with Gasteiger partial charge in [0.15, 0.2) is 16.1 Å². The van der Waals surface area contributed by atoms with E-state index in [1.807, 2.05) is 56.3 Å². The molecular formula is C21H20N8OS2. The number of benzene rings is 1. The van der Waals surface area contributed by atoms with Gasteiger partial charge in [0.2, 0.25) is 5.95 Å². The van der Waals surface area contributed by atoms with Crippen molar-refractivity contribution in [3.63, 3.8) is 0 Å². The summed E-state index contributed by atoms with van der Waals surface area (Å²) in [5.74, 6) is 0.862. The maximum atomic E-state index is 11.7. The summed E-state index contributed by atoms with van der Waals surface area (Å²) in [4.78, 5) is 36.0. The number of nitrogens with zero attached hydrogens (tertiary/aromatic N) is 5. The second kappa shape index (κ2) is 10.2. The summed E-state index contributed by atoms with van der Waals surface area (Å²) in [7, 11) is 0. The van der Waals surface area contributed by atoms with E-state index in [0.717, 1.165) is 9.77 Å². The third kappa shape index (κ3) is 5.77. The van der Waals surface area contributed by atoms with Gasteiger partial charge in [-0.15, -0.1) is 11.3 Å². The third-order valence-corrected chi connectivity index (χ3v) is 5.71. The van der Waals surface area contributed by atoms with Crippen LogP contribution < -0.4 is 16.0 Å². The van der Waals surface area contributed by atoms with Crippen LogP contribution in [0.3, 0.4) is 0 Å². The Labute approximate surface area is 193 Å². The van der Waals surface area contributed by atoms with Gasteiger partial charge in [0.25, 0.3) is 0 Å². The first kappa shape index (κ1) is 21.7. The molecule has 4 aromatic rings. The Balaban J connectivity index is 1.58. The fourth-order valence-electron chi connectivity index (χ4n) is 2.62. The summed E-state index contributed by atoms with van der Waals surface area (Å²) >= 11 is 2.91. The maximum Gasteiger partial charge on any atom is 0.319 e. The fourth-order valence-corrected chi connectivity index (χ4v) is 4.03. The second-order valence-electron chi connectivity index (χ2n) is 6.49. The molecule has 1 aromatic carbocycles. The van der Waals surface area contributed by atoms with Gasteiger partial charge in [-0.25, -0.2) is 14.8 Å². The van der Waals surface area contributed by atoms with Crippen LogP contribution in [-0.4, -0.2) is 37.5 Å². The van der Waals surface area contributed by atoms with Crippen LogP contribution in [0.2, 0.25) is 0 Å². The van der Waals surface area contributed by atoms with Gasteiger partial charge in [-0.05, 0) is 62.0 Å². The van der Waals surface area contributed by atoms with E-state index in [4.69, 9.17) is 0 Å². The number of carbonyl (C=O) groups is 1. The van der Waals surface area contributed by atoms with E-state index < -0.39 is 0 Å². The molecule has 3 heterocycles. The number of pyridine rings is 1. The highest BCUT2D eigenvalue weighted by atomic mass is 32.2. The molecule has 0 bridgehead atoms. The molecule has 2 amide bonds. The van der Waals surface area contributed by atoms with Gasteiger partial charge >= 0.3 is 6.03 Å². The predicted molar refractivity (Wildman–Crippen MR) is 126 cm³/mol. The Morgan fingerprint density at radius 2 is 1.91 bits per heavy atom. The molecule has 0 fully saturated rings. The minimum absolute atomic E-state index is 0.237. The lowest BCUT2D eigenvalue weighted by Gasteiger charge is -2.08. The zero-order valence-corrected chi connectivity index (χ0v) is 19.0. The van der Waals surface area contributed by atoms with Crippen molar-refractivity contribution in [1.29, 1.82) is 0 Å². The van der Waals surface area contributed by atoms with Crippen molar-refractivity contribution in [3.8, 4) is 11.5 Å². The number of urea groups is 1. The molecule has 3 aromatic heterocycles. The number of nitrogens with one attached hydrogen (secondary N) is 3. The van der Waals surface area contributed by atoms with Crippen LogP contribution >= 0.6 is 23.1 Å². The molecule has 0 aliphatic rings. The van der Waals surface area contributed by atoms with Gasteiger partial charge in [0.05, 0.1) is 0 Å². The lowest BCUT2D eigenvalue weighted by atomic mass is 10.3. The molecule has 0 aliphatic heterocycles. The average Bonchev–Trinajstić information content (AvgIpc) is 3.20. The molecule has 3 N–H and O–H groups in total. The minimum atomic E-state index is -0.237. The SMILES string of the molecule is CCNC(=O)Nc1ccc(Sc2nc(Nc3ncc(C)s3)nc(-c3ccccn3)n2)cc1. The highest BCUT2D eigenvalue weighted by Gasteiger charge is 2.12. The summed E-state index contributed by atoms with van der Waals surface area (Å²) in [5.41, 5.74) is 1.35.